The lowest BCUT2D eigenvalue weighted by Crippen LogP contribution is -2.50. The van der Waals surface area contributed by atoms with Gasteiger partial charge in [-0.3, -0.25) is 4.79 Å². The summed E-state index contributed by atoms with van der Waals surface area (Å²) in [5.41, 5.74) is 2.93. The molecule has 2 aromatic carbocycles. The van der Waals surface area contributed by atoms with E-state index in [2.05, 4.69) is 16.8 Å². The molecule has 1 aliphatic heterocycles. The lowest BCUT2D eigenvalue weighted by atomic mass is 10.0. The molecule has 3 aromatic rings. The zero-order chi connectivity index (χ0) is 24.9. The number of thiophene rings is 1. The smallest absolute Gasteiger partial charge is 0.322 e. The molecule has 1 aromatic heterocycles. The minimum absolute atomic E-state index is 0.00766. The van der Waals surface area contributed by atoms with Gasteiger partial charge in [-0.2, -0.15) is 0 Å². The van der Waals surface area contributed by atoms with Crippen LogP contribution in [0.4, 0.5) is 10.5 Å². The first-order valence-electron chi connectivity index (χ1n) is 11.7. The molecule has 1 atom stereocenters. The first-order valence-corrected chi connectivity index (χ1v) is 13.0. The maximum Gasteiger partial charge on any atom is 0.322 e. The molecule has 0 saturated heterocycles. The summed E-state index contributed by atoms with van der Waals surface area (Å²) in [4.78, 5) is 31.3. The highest BCUT2D eigenvalue weighted by Gasteiger charge is 2.34. The highest BCUT2D eigenvalue weighted by molar-refractivity contribution is 7.10. The number of halogens is 1. The van der Waals surface area contributed by atoms with Crippen molar-refractivity contribution in [2.24, 2.45) is 0 Å². The second-order valence-electron chi connectivity index (χ2n) is 8.93. The van der Waals surface area contributed by atoms with Gasteiger partial charge in [0.05, 0.1) is 6.04 Å². The van der Waals surface area contributed by atoms with E-state index in [1.54, 1.807) is 28.4 Å². The molecule has 0 saturated carbocycles. The largest absolute Gasteiger partial charge is 0.491 e. The van der Waals surface area contributed by atoms with Gasteiger partial charge in [0.15, 0.2) is 0 Å². The van der Waals surface area contributed by atoms with Crippen molar-refractivity contribution in [2.45, 2.75) is 39.3 Å². The standard InChI is InChI=1S/C27H30ClN3O3S/c1-18(2)31(27(33)29-21-8-4-19(3)5-9-21)16-26(32)30-14-12-25-23(13-15-35-25)24(30)17-34-22-10-6-20(28)7-11-22/h4-11,13,15,18,24H,12,14,16-17H2,1-3H3,(H,29,33)/t24-/m1/s1. The first kappa shape index (κ1) is 25.1. The molecular weight excluding hydrogens is 482 g/mol. The molecule has 0 spiro atoms. The Labute approximate surface area is 215 Å². The monoisotopic (exact) mass is 511 g/mol. The number of carbonyl (C=O) groups is 2. The summed E-state index contributed by atoms with van der Waals surface area (Å²) in [7, 11) is 0. The fourth-order valence-corrected chi connectivity index (χ4v) is 5.19. The normalized spacial score (nSPS) is 15.0. The maximum atomic E-state index is 13.5. The molecule has 1 aliphatic rings. The molecule has 2 heterocycles. The Morgan fingerprint density at radius 1 is 1.14 bits per heavy atom. The highest BCUT2D eigenvalue weighted by atomic mass is 35.5. The van der Waals surface area contributed by atoms with Gasteiger partial charge >= 0.3 is 6.03 Å². The number of aryl methyl sites for hydroxylation is 1. The molecule has 3 amide bonds. The van der Waals surface area contributed by atoms with Gasteiger partial charge in [-0.25, -0.2) is 4.79 Å². The lowest BCUT2D eigenvalue weighted by molar-refractivity contribution is -0.135. The van der Waals surface area contributed by atoms with Crippen molar-refractivity contribution in [1.29, 1.82) is 0 Å². The van der Waals surface area contributed by atoms with Crippen LogP contribution in [0.15, 0.2) is 60.0 Å². The topological polar surface area (TPSA) is 61.9 Å². The van der Waals surface area contributed by atoms with Gasteiger partial charge in [-0.05, 0) is 80.6 Å². The molecule has 0 bridgehead atoms. The summed E-state index contributed by atoms with van der Waals surface area (Å²) in [5.74, 6) is 0.602. The third kappa shape index (κ3) is 6.16. The quantitative estimate of drug-likeness (QED) is 0.413. The number of fused-ring (bicyclic) bond motifs is 1. The zero-order valence-electron chi connectivity index (χ0n) is 20.2. The van der Waals surface area contributed by atoms with Crippen molar-refractivity contribution >= 4 is 40.6 Å². The van der Waals surface area contributed by atoms with Crippen LogP contribution in [0.3, 0.4) is 0 Å². The van der Waals surface area contributed by atoms with Crippen LogP contribution in [-0.2, 0) is 11.2 Å². The Bertz CT molecular complexity index is 1160. The Kier molecular flexibility index (Phi) is 7.98. The van der Waals surface area contributed by atoms with Crippen LogP contribution < -0.4 is 10.1 Å². The Balaban J connectivity index is 1.48. The Morgan fingerprint density at radius 3 is 2.54 bits per heavy atom. The van der Waals surface area contributed by atoms with Gasteiger partial charge in [0.25, 0.3) is 0 Å². The summed E-state index contributed by atoms with van der Waals surface area (Å²) < 4.78 is 6.05. The van der Waals surface area contributed by atoms with E-state index in [1.807, 2.05) is 62.1 Å². The van der Waals surface area contributed by atoms with Crippen molar-refractivity contribution in [3.63, 3.8) is 0 Å². The number of rotatable bonds is 7. The molecule has 8 heteroatoms. The molecule has 1 N–H and O–H groups in total. The van der Waals surface area contributed by atoms with E-state index < -0.39 is 0 Å². The Hall–Kier alpha value is -3.03. The van der Waals surface area contributed by atoms with Gasteiger partial charge in [0.2, 0.25) is 5.91 Å². The van der Waals surface area contributed by atoms with Gasteiger partial charge in [-0.1, -0.05) is 29.3 Å². The summed E-state index contributed by atoms with van der Waals surface area (Å²) in [6.45, 7) is 6.73. The molecule has 0 aliphatic carbocycles. The SMILES string of the molecule is Cc1ccc(NC(=O)N(CC(=O)N2CCc3sccc3[C@H]2COc2ccc(Cl)cc2)C(C)C)cc1. The number of ether oxygens (including phenoxy) is 1. The van der Waals surface area contributed by atoms with Crippen molar-refractivity contribution in [1.82, 2.24) is 9.80 Å². The molecule has 184 valence electrons. The average Bonchev–Trinajstić information content (AvgIpc) is 3.32. The number of benzene rings is 2. The van der Waals surface area contributed by atoms with Crippen molar-refractivity contribution in [3.05, 3.63) is 81.0 Å². The van der Waals surface area contributed by atoms with Gasteiger partial charge in [0, 0.05) is 28.2 Å². The van der Waals surface area contributed by atoms with E-state index in [1.165, 1.54) is 4.88 Å². The van der Waals surface area contributed by atoms with Crippen LogP contribution in [0.1, 0.15) is 35.9 Å². The van der Waals surface area contributed by atoms with E-state index >= 15 is 0 Å². The van der Waals surface area contributed by atoms with Crippen LogP contribution in [0.2, 0.25) is 5.02 Å². The van der Waals surface area contributed by atoms with E-state index in [9.17, 15) is 9.59 Å². The molecule has 0 unspecified atom stereocenters. The van der Waals surface area contributed by atoms with Crippen molar-refractivity contribution in [3.8, 4) is 5.75 Å². The first-order chi connectivity index (χ1) is 16.8. The number of hydrogen-bond donors (Lipinski definition) is 1. The Morgan fingerprint density at radius 2 is 1.86 bits per heavy atom. The molecule has 0 fully saturated rings. The number of urea groups is 1. The van der Waals surface area contributed by atoms with Crippen LogP contribution in [0.5, 0.6) is 5.75 Å². The minimum atomic E-state index is -0.292. The van der Waals surface area contributed by atoms with E-state index in [0.29, 0.717) is 29.6 Å². The fraction of sp³-hybridized carbons (Fsp3) is 0.333. The third-order valence-corrected chi connectivity index (χ3v) is 7.38. The van der Waals surface area contributed by atoms with Gasteiger partial charge < -0.3 is 19.9 Å². The predicted octanol–water partition coefficient (Wildman–Crippen LogP) is 6.16. The summed E-state index contributed by atoms with van der Waals surface area (Å²) in [6.07, 6.45) is 0.799. The van der Waals surface area contributed by atoms with E-state index in [4.69, 9.17) is 16.3 Å². The van der Waals surface area contributed by atoms with Gasteiger partial charge in [0.1, 0.15) is 18.9 Å². The average molecular weight is 512 g/mol. The molecule has 35 heavy (non-hydrogen) atoms. The molecule has 6 nitrogen and oxygen atoms in total. The number of nitrogens with one attached hydrogen (secondary N) is 1. The zero-order valence-corrected chi connectivity index (χ0v) is 21.7. The number of hydrogen-bond acceptors (Lipinski definition) is 4. The molecule has 4 rings (SSSR count). The summed E-state index contributed by atoms with van der Waals surface area (Å²) in [5, 5.41) is 5.62. The number of anilines is 1. The third-order valence-electron chi connectivity index (χ3n) is 6.13. The lowest BCUT2D eigenvalue weighted by Gasteiger charge is -2.37. The van der Waals surface area contributed by atoms with Crippen LogP contribution in [-0.4, -0.2) is 47.5 Å². The van der Waals surface area contributed by atoms with E-state index in [-0.39, 0.29) is 30.6 Å². The van der Waals surface area contributed by atoms with Crippen LogP contribution in [0, 0.1) is 6.92 Å². The minimum Gasteiger partial charge on any atom is -0.491 e. The predicted molar refractivity (Wildman–Crippen MR) is 141 cm³/mol. The highest BCUT2D eigenvalue weighted by Crippen LogP contribution is 2.34. The maximum absolute atomic E-state index is 13.5. The summed E-state index contributed by atoms with van der Waals surface area (Å²) >= 11 is 7.70. The number of carbonyl (C=O) groups excluding carboxylic acids is 2. The fourth-order valence-electron chi connectivity index (χ4n) is 4.14. The van der Waals surface area contributed by atoms with Crippen LogP contribution in [0.25, 0.3) is 0 Å². The summed E-state index contributed by atoms with van der Waals surface area (Å²) in [6, 6.07) is 16.2. The van der Waals surface area contributed by atoms with Gasteiger partial charge in [-0.15, -0.1) is 11.3 Å². The van der Waals surface area contributed by atoms with Crippen LogP contribution >= 0.6 is 22.9 Å². The molecular formula is C27H30ClN3O3S. The second kappa shape index (κ2) is 11.1. The van der Waals surface area contributed by atoms with Crippen molar-refractivity contribution < 1.29 is 14.3 Å². The molecule has 0 radical (unpaired) electrons. The number of amides is 3. The second-order valence-corrected chi connectivity index (χ2v) is 10.4. The number of nitrogens with zero attached hydrogens (tertiary/aromatic N) is 2. The van der Waals surface area contributed by atoms with E-state index in [0.717, 1.165) is 17.5 Å². The van der Waals surface area contributed by atoms with Crippen molar-refractivity contribution in [2.75, 3.05) is 25.0 Å².